The lowest BCUT2D eigenvalue weighted by Crippen LogP contribution is -2.55. The van der Waals surface area contributed by atoms with Gasteiger partial charge in [-0.1, -0.05) is 18.0 Å². The number of halogens is 1. The van der Waals surface area contributed by atoms with Gasteiger partial charge in [-0.15, -0.1) is 0 Å². The molecule has 1 aliphatic rings. The zero-order valence-electron chi connectivity index (χ0n) is 11.3. The molecule has 0 saturated heterocycles. The Labute approximate surface area is 116 Å². The molecular weight excluding hydrogens is 261 g/mol. The number of nitrogens with two attached hydrogens (primary N) is 1. The number of carbonyl (C=O) groups excluding carboxylic acids is 1. The lowest BCUT2D eigenvalue weighted by atomic mass is 9.95. The van der Waals surface area contributed by atoms with Crippen molar-refractivity contribution >= 4 is 11.7 Å². The number of oxime groups is 1. The third-order valence-corrected chi connectivity index (χ3v) is 3.71. The molecule has 2 rings (SSSR count). The molecule has 0 spiro atoms. The molecule has 0 radical (unpaired) electrons. The Morgan fingerprint density at radius 3 is 2.60 bits per heavy atom. The number of nitrogens with zero attached hydrogens (tertiary/aromatic N) is 1. The average molecular weight is 279 g/mol. The second kappa shape index (κ2) is 5.48. The molecule has 1 fully saturated rings. The quantitative estimate of drug-likeness (QED) is 0.342. The van der Waals surface area contributed by atoms with E-state index in [0.717, 1.165) is 12.8 Å². The SMILES string of the molecule is Cc1cc(F)cc(C(=O)NC2(/C(N)=N/O)CCCC2)c1. The van der Waals surface area contributed by atoms with E-state index in [1.807, 2.05) is 0 Å². The summed E-state index contributed by atoms with van der Waals surface area (Å²) < 4.78 is 13.4. The third kappa shape index (κ3) is 2.74. The number of amidine groups is 1. The standard InChI is InChI=1S/C14H18FN3O2/c1-9-6-10(8-11(15)7-9)12(19)17-14(13(16)18-20)4-2-3-5-14/h6-8,20H,2-5H2,1H3,(H2,16,18)(H,17,19). The highest BCUT2D eigenvalue weighted by molar-refractivity contribution is 6.00. The van der Waals surface area contributed by atoms with Crippen LogP contribution in [0.25, 0.3) is 0 Å². The van der Waals surface area contributed by atoms with E-state index in [1.54, 1.807) is 13.0 Å². The summed E-state index contributed by atoms with van der Waals surface area (Å²) in [7, 11) is 0. The molecule has 0 bridgehead atoms. The van der Waals surface area contributed by atoms with Crippen molar-refractivity contribution in [3.8, 4) is 0 Å². The number of hydrogen-bond acceptors (Lipinski definition) is 3. The van der Waals surface area contributed by atoms with Gasteiger partial charge in [0, 0.05) is 5.56 Å². The zero-order valence-corrected chi connectivity index (χ0v) is 11.3. The molecule has 0 unspecified atom stereocenters. The van der Waals surface area contributed by atoms with Crippen LogP contribution in [0.1, 0.15) is 41.6 Å². The Morgan fingerprint density at radius 1 is 1.40 bits per heavy atom. The fourth-order valence-electron chi connectivity index (χ4n) is 2.68. The van der Waals surface area contributed by atoms with Crippen molar-refractivity contribution in [3.63, 3.8) is 0 Å². The summed E-state index contributed by atoms with van der Waals surface area (Å²) in [6.45, 7) is 1.72. The van der Waals surface area contributed by atoms with Gasteiger partial charge in [-0.3, -0.25) is 4.79 Å². The molecule has 0 aromatic heterocycles. The van der Waals surface area contributed by atoms with Crippen LogP contribution < -0.4 is 11.1 Å². The molecule has 1 aromatic rings. The largest absolute Gasteiger partial charge is 0.409 e. The Kier molecular flexibility index (Phi) is 3.92. The average Bonchev–Trinajstić information content (AvgIpc) is 2.86. The summed E-state index contributed by atoms with van der Waals surface area (Å²) in [6, 6.07) is 4.14. The van der Waals surface area contributed by atoms with Crippen LogP contribution >= 0.6 is 0 Å². The number of rotatable bonds is 3. The number of benzene rings is 1. The molecule has 6 heteroatoms. The molecule has 1 aliphatic carbocycles. The Balaban J connectivity index is 2.25. The number of carbonyl (C=O) groups is 1. The molecule has 0 atom stereocenters. The first kappa shape index (κ1) is 14.3. The van der Waals surface area contributed by atoms with Crippen LogP contribution in [0.2, 0.25) is 0 Å². The lowest BCUT2D eigenvalue weighted by molar-refractivity contribution is 0.0922. The number of hydrogen-bond donors (Lipinski definition) is 3. The topological polar surface area (TPSA) is 87.7 Å². The van der Waals surface area contributed by atoms with Crippen LogP contribution in [-0.4, -0.2) is 22.5 Å². The van der Waals surface area contributed by atoms with Crippen molar-refractivity contribution in [2.45, 2.75) is 38.1 Å². The Morgan fingerprint density at radius 2 is 2.05 bits per heavy atom. The first-order valence-electron chi connectivity index (χ1n) is 6.54. The minimum Gasteiger partial charge on any atom is -0.409 e. The summed E-state index contributed by atoms with van der Waals surface area (Å²) in [5.41, 5.74) is 5.79. The number of amides is 1. The van der Waals surface area contributed by atoms with Crippen molar-refractivity contribution in [1.82, 2.24) is 5.32 Å². The first-order valence-corrected chi connectivity index (χ1v) is 6.54. The van der Waals surface area contributed by atoms with Crippen LogP contribution in [0.4, 0.5) is 4.39 Å². The highest BCUT2D eigenvalue weighted by atomic mass is 19.1. The lowest BCUT2D eigenvalue weighted by Gasteiger charge is -2.28. The maximum absolute atomic E-state index is 13.4. The van der Waals surface area contributed by atoms with Gasteiger partial charge >= 0.3 is 0 Å². The molecular formula is C14H18FN3O2. The van der Waals surface area contributed by atoms with E-state index in [-0.39, 0.29) is 11.4 Å². The van der Waals surface area contributed by atoms with Gasteiger partial charge in [-0.25, -0.2) is 4.39 Å². The van der Waals surface area contributed by atoms with E-state index in [0.29, 0.717) is 18.4 Å². The van der Waals surface area contributed by atoms with Crippen molar-refractivity contribution in [1.29, 1.82) is 0 Å². The summed E-state index contributed by atoms with van der Waals surface area (Å²) in [4.78, 5) is 12.3. The van der Waals surface area contributed by atoms with Crippen LogP contribution in [0, 0.1) is 12.7 Å². The summed E-state index contributed by atoms with van der Waals surface area (Å²) in [6.07, 6.45) is 3.00. The van der Waals surface area contributed by atoms with Crippen LogP contribution in [0.3, 0.4) is 0 Å². The second-order valence-corrected chi connectivity index (χ2v) is 5.25. The van der Waals surface area contributed by atoms with Crippen molar-refractivity contribution < 1.29 is 14.4 Å². The fraction of sp³-hybridized carbons (Fsp3) is 0.429. The first-order chi connectivity index (χ1) is 9.47. The van der Waals surface area contributed by atoms with Gasteiger partial charge in [0.1, 0.15) is 11.4 Å². The van der Waals surface area contributed by atoms with E-state index in [2.05, 4.69) is 10.5 Å². The predicted octanol–water partition coefficient (Wildman–Crippen LogP) is 1.92. The van der Waals surface area contributed by atoms with Gasteiger partial charge < -0.3 is 16.3 Å². The normalized spacial score (nSPS) is 18.0. The van der Waals surface area contributed by atoms with Gasteiger partial charge in [0.2, 0.25) is 0 Å². The molecule has 0 heterocycles. The fourth-order valence-corrected chi connectivity index (χ4v) is 2.68. The number of aryl methyl sites for hydroxylation is 1. The van der Waals surface area contributed by atoms with Crippen molar-refractivity contribution in [2.75, 3.05) is 0 Å². The maximum atomic E-state index is 13.4. The third-order valence-electron chi connectivity index (χ3n) is 3.71. The molecule has 20 heavy (non-hydrogen) atoms. The molecule has 1 aromatic carbocycles. The van der Waals surface area contributed by atoms with Gasteiger partial charge in [0.25, 0.3) is 5.91 Å². The second-order valence-electron chi connectivity index (χ2n) is 5.25. The Hall–Kier alpha value is -2.11. The monoisotopic (exact) mass is 279 g/mol. The van der Waals surface area contributed by atoms with Gasteiger partial charge in [0.05, 0.1) is 0 Å². The summed E-state index contributed by atoms with van der Waals surface area (Å²) in [5, 5.41) is 14.7. The van der Waals surface area contributed by atoms with E-state index in [1.165, 1.54) is 12.1 Å². The van der Waals surface area contributed by atoms with Crippen molar-refractivity contribution in [3.05, 3.63) is 35.1 Å². The highest BCUT2D eigenvalue weighted by Gasteiger charge is 2.40. The van der Waals surface area contributed by atoms with Crippen LogP contribution in [-0.2, 0) is 0 Å². The molecule has 4 N–H and O–H groups in total. The summed E-state index contributed by atoms with van der Waals surface area (Å²) in [5.74, 6) is -0.878. The zero-order chi connectivity index (χ0) is 14.8. The smallest absolute Gasteiger partial charge is 0.252 e. The van der Waals surface area contributed by atoms with E-state index in [4.69, 9.17) is 10.9 Å². The summed E-state index contributed by atoms with van der Waals surface area (Å²) >= 11 is 0. The van der Waals surface area contributed by atoms with Crippen LogP contribution in [0.15, 0.2) is 23.4 Å². The molecule has 0 aliphatic heterocycles. The molecule has 108 valence electrons. The van der Waals surface area contributed by atoms with E-state index >= 15 is 0 Å². The predicted molar refractivity (Wildman–Crippen MR) is 73.2 cm³/mol. The van der Waals surface area contributed by atoms with E-state index < -0.39 is 17.3 Å². The van der Waals surface area contributed by atoms with Crippen LogP contribution in [0.5, 0.6) is 0 Å². The van der Waals surface area contributed by atoms with Gasteiger partial charge in [0.15, 0.2) is 5.84 Å². The highest BCUT2D eigenvalue weighted by Crippen LogP contribution is 2.30. The molecule has 1 amide bonds. The maximum Gasteiger partial charge on any atom is 0.252 e. The molecule has 1 saturated carbocycles. The molecule has 5 nitrogen and oxygen atoms in total. The number of nitrogens with one attached hydrogen (secondary N) is 1. The van der Waals surface area contributed by atoms with Crippen molar-refractivity contribution in [2.24, 2.45) is 10.9 Å². The van der Waals surface area contributed by atoms with Gasteiger partial charge in [-0.05, 0) is 43.5 Å². The minimum absolute atomic E-state index is 0.00326. The Bertz CT molecular complexity index is 531. The minimum atomic E-state index is -0.827. The van der Waals surface area contributed by atoms with E-state index in [9.17, 15) is 9.18 Å². The van der Waals surface area contributed by atoms with Gasteiger partial charge in [-0.2, -0.15) is 0 Å².